The normalized spacial score (nSPS) is 11.1. The minimum absolute atomic E-state index is 0. The number of ether oxygens (including phenoxy) is 2. The Labute approximate surface area is 195 Å². The molecule has 0 aliphatic carbocycles. The van der Waals surface area contributed by atoms with Crippen LogP contribution in [0.3, 0.4) is 0 Å². The van der Waals surface area contributed by atoms with Crippen molar-refractivity contribution in [3.05, 3.63) is 65.9 Å². The summed E-state index contributed by atoms with van der Waals surface area (Å²) in [6.45, 7) is -2.35. The van der Waals surface area contributed by atoms with Gasteiger partial charge in [0.15, 0.2) is 11.7 Å². The van der Waals surface area contributed by atoms with Crippen LogP contribution in [0.1, 0.15) is 11.3 Å². The lowest BCUT2D eigenvalue weighted by molar-refractivity contribution is -0.0505. The first kappa shape index (κ1) is 24.4. The van der Waals surface area contributed by atoms with Crippen molar-refractivity contribution in [3.63, 3.8) is 0 Å². The Morgan fingerprint density at radius 1 is 1.10 bits per heavy atom. The van der Waals surface area contributed by atoms with Crippen molar-refractivity contribution in [2.75, 3.05) is 14.2 Å². The number of methoxy groups -OCH3 is 1. The number of nitrogens with one attached hydrogen (secondary N) is 2. The van der Waals surface area contributed by atoms with Gasteiger partial charge >= 0.3 is 6.61 Å². The lowest BCUT2D eigenvalue weighted by atomic mass is 10.2. The second kappa shape index (κ2) is 12.1. The van der Waals surface area contributed by atoms with Crippen LogP contribution in [0, 0.1) is 0 Å². The molecule has 0 unspecified atom stereocenters. The molecule has 0 aliphatic heterocycles. The second-order valence-corrected chi connectivity index (χ2v) is 6.18. The predicted octanol–water partition coefficient (Wildman–Crippen LogP) is 4.43. The molecular weight excluding hydrogens is 521 g/mol. The highest BCUT2D eigenvalue weighted by atomic mass is 127. The molecule has 2 aromatic carbocycles. The Hall–Kier alpha value is -2.89. The van der Waals surface area contributed by atoms with E-state index in [1.165, 1.54) is 13.2 Å². The third-order valence-electron chi connectivity index (χ3n) is 4.21. The fourth-order valence-corrected chi connectivity index (χ4v) is 2.74. The van der Waals surface area contributed by atoms with E-state index in [1.54, 1.807) is 19.2 Å². The zero-order valence-corrected chi connectivity index (χ0v) is 19.3. The molecule has 0 saturated carbocycles. The van der Waals surface area contributed by atoms with Gasteiger partial charge < -0.3 is 24.6 Å². The summed E-state index contributed by atoms with van der Waals surface area (Å²) >= 11 is 0. The van der Waals surface area contributed by atoms with Crippen LogP contribution in [-0.4, -0.2) is 31.9 Å². The van der Waals surface area contributed by atoms with Crippen molar-refractivity contribution >= 4 is 29.9 Å². The Balaban J connectivity index is 0.00000341. The molecule has 0 saturated heterocycles. The van der Waals surface area contributed by atoms with Gasteiger partial charge in [0.1, 0.15) is 17.2 Å². The molecule has 1 heterocycles. The largest absolute Gasteiger partial charge is 0.497 e. The highest BCUT2D eigenvalue weighted by molar-refractivity contribution is 14.0. The van der Waals surface area contributed by atoms with Crippen molar-refractivity contribution in [1.29, 1.82) is 0 Å². The van der Waals surface area contributed by atoms with Gasteiger partial charge in [0.25, 0.3) is 0 Å². The van der Waals surface area contributed by atoms with Crippen LogP contribution in [0.2, 0.25) is 0 Å². The van der Waals surface area contributed by atoms with Crippen LogP contribution in [0.15, 0.2) is 64.1 Å². The topological polar surface area (TPSA) is 80.9 Å². The van der Waals surface area contributed by atoms with Crippen molar-refractivity contribution in [1.82, 2.24) is 15.8 Å². The van der Waals surface area contributed by atoms with Crippen LogP contribution >= 0.6 is 24.0 Å². The minimum atomic E-state index is -2.92. The second-order valence-electron chi connectivity index (χ2n) is 6.18. The molecule has 7 nitrogen and oxygen atoms in total. The molecular formula is C21H23F2IN4O3. The molecule has 0 atom stereocenters. The summed E-state index contributed by atoms with van der Waals surface area (Å²) in [5, 5.41) is 10.2. The van der Waals surface area contributed by atoms with Crippen LogP contribution in [0.4, 0.5) is 8.78 Å². The van der Waals surface area contributed by atoms with E-state index < -0.39 is 6.61 Å². The molecule has 166 valence electrons. The minimum Gasteiger partial charge on any atom is -0.497 e. The molecule has 0 fully saturated rings. The summed E-state index contributed by atoms with van der Waals surface area (Å²) in [7, 11) is 3.11. The fourth-order valence-electron chi connectivity index (χ4n) is 2.74. The van der Waals surface area contributed by atoms with Crippen LogP contribution < -0.4 is 20.1 Å². The average Bonchev–Trinajstić information content (AvgIpc) is 3.24. The van der Waals surface area contributed by atoms with Gasteiger partial charge in [-0.2, -0.15) is 8.78 Å². The highest BCUT2D eigenvalue weighted by Gasteiger charge is 2.12. The van der Waals surface area contributed by atoms with Gasteiger partial charge in [0, 0.05) is 30.8 Å². The standard InChI is InChI=1S/C21H22F2N4O3.HI/c1-24-21(25-12-15-10-17(28-2)8-9-18(15)29-20(22)23)26-13-16-11-19(30-27-16)14-6-4-3-5-7-14;/h3-11,20H,12-13H2,1-2H3,(H2,24,25,26);1H. The van der Waals surface area contributed by atoms with E-state index in [2.05, 4.69) is 25.5 Å². The van der Waals surface area contributed by atoms with Crippen LogP contribution in [0.5, 0.6) is 11.5 Å². The third kappa shape index (κ3) is 7.09. The number of aromatic nitrogens is 1. The van der Waals surface area contributed by atoms with Gasteiger partial charge in [0.2, 0.25) is 0 Å². The van der Waals surface area contributed by atoms with Gasteiger partial charge in [-0.15, -0.1) is 24.0 Å². The Morgan fingerprint density at radius 2 is 1.84 bits per heavy atom. The zero-order chi connectivity index (χ0) is 21.3. The monoisotopic (exact) mass is 544 g/mol. The number of guanidine groups is 1. The quantitative estimate of drug-likeness (QED) is 0.248. The molecule has 0 radical (unpaired) electrons. The van der Waals surface area contributed by atoms with Gasteiger partial charge in [-0.3, -0.25) is 4.99 Å². The van der Waals surface area contributed by atoms with E-state index in [0.29, 0.717) is 35.3 Å². The maximum atomic E-state index is 12.7. The third-order valence-corrected chi connectivity index (χ3v) is 4.21. The molecule has 0 spiro atoms. The summed E-state index contributed by atoms with van der Waals surface area (Å²) in [6.07, 6.45) is 0. The van der Waals surface area contributed by atoms with E-state index in [1.807, 2.05) is 36.4 Å². The number of alkyl halides is 2. The van der Waals surface area contributed by atoms with Crippen LogP contribution in [0.25, 0.3) is 11.3 Å². The first-order valence-corrected chi connectivity index (χ1v) is 9.16. The maximum absolute atomic E-state index is 12.7. The average molecular weight is 544 g/mol. The molecule has 3 rings (SSSR count). The first-order valence-electron chi connectivity index (χ1n) is 9.16. The smallest absolute Gasteiger partial charge is 0.387 e. The van der Waals surface area contributed by atoms with Gasteiger partial charge in [-0.05, 0) is 18.2 Å². The maximum Gasteiger partial charge on any atom is 0.387 e. The molecule has 3 aromatic rings. The number of nitrogens with zero attached hydrogens (tertiary/aromatic N) is 2. The first-order chi connectivity index (χ1) is 14.6. The molecule has 10 heteroatoms. The molecule has 31 heavy (non-hydrogen) atoms. The lowest BCUT2D eigenvalue weighted by Crippen LogP contribution is -2.36. The van der Waals surface area contributed by atoms with Crippen molar-refractivity contribution in [2.24, 2.45) is 4.99 Å². The van der Waals surface area contributed by atoms with Gasteiger partial charge in [0.05, 0.1) is 13.7 Å². The highest BCUT2D eigenvalue weighted by Crippen LogP contribution is 2.25. The lowest BCUT2D eigenvalue weighted by Gasteiger charge is -2.15. The Morgan fingerprint density at radius 3 is 2.52 bits per heavy atom. The predicted molar refractivity (Wildman–Crippen MR) is 124 cm³/mol. The molecule has 0 aliphatic rings. The van der Waals surface area contributed by atoms with Gasteiger partial charge in [-0.25, -0.2) is 0 Å². The number of halogens is 3. The summed E-state index contributed by atoms with van der Waals surface area (Å²) in [6, 6.07) is 16.1. The fraction of sp³-hybridized carbons (Fsp3) is 0.238. The van der Waals surface area contributed by atoms with Crippen molar-refractivity contribution in [3.8, 4) is 22.8 Å². The van der Waals surface area contributed by atoms with Crippen molar-refractivity contribution in [2.45, 2.75) is 19.7 Å². The molecule has 1 aromatic heterocycles. The number of rotatable bonds is 8. The van der Waals surface area contributed by atoms with Gasteiger partial charge in [-0.1, -0.05) is 35.5 Å². The molecule has 0 amide bonds. The summed E-state index contributed by atoms with van der Waals surface area (Å²) < 4.78 is 40.4. The number of hydrogen-bond acceptors (Lipinski definition) is 5. The van der Waals surface area contributed by atoms with E-state index in [9.17, 15) is 8.78 Å². The number of benzene rings is 2. The van der Waals surface area contributed by atoms with Crippen LogP contribution in [-0.2, 0) is 13.1 Å². The summed E-state index contributed by atoms with van der Waals surface area (Å²) in [5.74, 6) is 1.73. The zero-order valence-electron chi connectivity index (χ0n) is 17.0. The molecule has 0 bridgehead atoms. The van der Waals surface area contributed by atoms with E-state index >= 15 is 0 Å². The Bertz CT molecular complexity index is 984. The summed E-state index contributed by atoms with van der Waals surface area (Å²) in [4.78, 5) is 4.13. The van der Waals surface area contributed by atoms with E-state index in [-0.39, 0.29) is 36.3 Å². The SMILES string of the molecule is CN=C(NCc1cc(-c2ccccc2)on1)NCc1cc(OC)ccc1OC(F)F.I. The molecule has 2 N–H and O–H groups in total. The number of aliphatic imine (C=N–C) groups is 1. The van der Waals surface area contributed by atoms with Crippen molar-refractivity contribution < 1.29 is 22.8 Å². The van der Waals surface area contributed by atoms with E-state index in [0.717, 1.165) is 5.56 Å². The summed E-state index contributed by atoms with van der Waals surface area (Å²) in [5.41, 5.74) is 2.13. The number of hydrogen-bond donors (Lipinski definition) is 2. The Kier molecular flexibility index (Phi) is 9.50. The van der Waals surface area contributed by atoms with E-state index in [4.69, 9.17) is 9.26 Å².